The Bertz CT molecular complexity index is 366. The van der Waals surface area contributed by atoms with Crippen LogP contribution in [0.4, 0.5) is 0 Å². The Balaban J connectivity index is 2.19. The fourth-order valence-electron chi connectivity index (χ4n) is 1.90. The van der Waals surface area contributed by atoms with Gasteiger partial charge in [0.05, 0.1) is 31.6 Å². The zero-order valence-electron chi connectivity index (χ0n) is 12.4. The zero-order valence-corrected chi connectivity index (χ0v) is 12.4. The number of aryl methyl sites for hydroxylation is 2. The minimum atomic E-state index is 0.652. The monoisotopic (exact) mass is 271 g/mol. The van der Waals surface area contributed by atoms with Gasteiger partial charge in [-0.2, -0.15) is 5.10 Å². The normalized spacial score (nSPS) is 10.9. The molecule has 1 aromatic heterocycles. The van der Waals surface area contributed by atoms with Crippen molar-refractivity contribution < 1.29 is 14.2 Å². The summed E-state index contributed by atoms with van der Waals surface area (Å²) < 4.78 is 17.4. The largest absolute Gasteiger partial charge is 0.481 e. The maximum absolute atomic E-state index is 5.39. The van der Waals surface area contributed by atoms with E-state index in [1.54, 1.807) is 18.9 Å². The summed E-state index contributed by atoms with van der Waals surface area (Å²) in [7, 11) is 5.23. The van der Waals surface area contributed by atoms with Gasteiger partial charge >= 0.3 is 0 Å². The Morgan fingerprint density at radius 3 is 2.68 bits per heavy atom. The maximum atomic E-state index is 5.39. The van der Waals surface area contributed by atoms with Crippen molar-refractivity contribution in [1.82, 2.24) is 15.1 Å². The lowest BCUT2D eigenvalue weighted by molar-refractivity contribution is 0.0694. The van der Waals surface area contributed by atoms with E-state index in [0.29, 0.717) is 13.2 Å². The number of aromatic nitrogens is 2. The predicted molar refractivity (Wildman–Crippen MR) is 73.5 cm³/mol. The molecule has 0 bridgehead atoms. The molecule has 0 amide bonds. The lowest BCUT2D eigenvalue weighted by atomic mass is 10.2. The summed E-state index contributed by atoms with van der Waals surface area (Å²) in [6, 6.07) is 0. The maximum Gasteiger partial charge on any atom is 0.216 e. The highest BCUT2D eigenvalue weighted by Gasteiger charge is 2.12. The fraction of sp³-hybridized carbons (Fsp3) is 0.769. The number of hydrogen-bond acceptors (Lipinski definition) is 5. The van der Waals surface area contributed by atoms with Crippen molar-refractivity contribution in [2.24, 2.45) is 7.05 Å². The summed E-state index contributed by atoms with van der Waals surface area (Å²) in [5.41, 5.74) is 2.12. The Morgan fingerprint density at radius 2 is 2.00 bits per heavy atom. The molecule has 6 nitrogen and oxygen atoms in total. The quantitative estimate of drug-likeness (QED) is 0.640. The number of nitrogens with one attached hydrogen (secondary N) is 1. The van der Waals surface area contributed by atoms with Gasteiger partial charge in [-0.25, -0.2) is 4.68 Å². The molecule has 1 rings (SSSR count). The Hall–Kier alpha value is -1.11. The van der Waals surface area contributed by atoms with Gasteiger partial charge in [0.15, 0.2) is 0 Å². The second kappa shape index (κ2) is 8.90. The Kier molecular flexibility index (Phi) is 7.47. The molecule has 6 heteroatoms. The van der Waals surface area contributed by atoms with Gasteiger partial charge in [0.2, 0.25) is 5.88 Å². The number of nitrogens with zero attached hydrogens (tertiary/aromatic N) is 2. The second-order valence-corrected chi connectivity index (χ2v) is 4.33. The highest BCUT2D eigenvalue weighted by Crippen LogP contribution is 2.20. The minimum Gasteiger partial charge on any atom is -0.481 e. The molecule has 0 aliphatic heterocycles. The zero-order chi connectivity index (χ0) is 14.1. The Labute approximate surface area is 115 Å². The number of rotatable bonds is 10. The van der Waals surface area contributed by atoms with Gasteiger partial charge in [-0.15, -0.1) is 0 Å². The molecule has 0 aliphatic rings. The van der Waals surface area contributed by atoms with Crippen LogP contribution < -0.4 is 10.1 Å². The lowest BCUT2D eigenvalue weighted by Crippen LogP contribution is -2.17. The van der Waals surface area contributed by atoms with Gasteiger partial charge < -0.3 is 19.5 Å². The van der Waals surface area contributed by atoms with Crippen LogP contribution in [-0.2, 0) is 23.1 Å². The molecule has 0 aliphatic carbocycles. The van der Waals surface area contributed by atoms with Crippen LogP contribution in [0.3, 0.4) is 0 Å². The van der Waals surface area contributed by atoms with Crippen LogP contribution in [0.2, 0.25) is 0 Å². The minimum absolute atomic E-state index is 0.652. The van der Waals surface area contributed by atoms with Gasteiger partial charge in [-0.1, -0.05) is 0 Å². The van der Waals surface area contributed by atoms with Crippen LogP contribution in [0.25, 0.3) is 0 Å². The van der Waals surface area contributed by atoms with Crippen molar-refractivity contribution in [3.05, 3.63) is 11.3 Å². The third kappa shape index (κ3) is 5.18. The second-order valence-electron chi connectivity index (χ2n) is 4.33. The van der Waals surface area contributed by atoms with E-state index in [9.17, 15) is 0 Å². The molecular weight excluding hydrogens is 246 g/mol. The molecule has 0 fully saturated rings. The van der Waals surface area contributed by atoms with Crippen molar-refractivity contribution in [1.29, 1.82) is 0 Å². The first kappa shape index (κ1) is 15.9. The molecule has 19 heavy (non-hydrogen) atoms. The summed E-state index contributed by atoms with van der Waals surface area (Å²) in [4.78, 5) is 0. The molecule has 0 saturated carbocycles. The Morgan fingerprint density at radius 1 is 1.21 bits per heavy atom. The summed E-state index contributed by atoms with van der Waals surface area (Å²) in [6.07, 6.45) is 0.978. The summed E-state index contributed by atoms with van der Waals surface area (Å²) >= 11 is 0. The molecule has 1 aromatic rings. The van der Waals surface area contributed by atoms with Gasteiger partial charge in [-0.05, 0) is 19.9 Å². The van der Waals surface area contributed by atoms with E-state index in [1.165, 1.54) is 0 Å². The number of hydrogen-bond donors (Lipinski definition) is 1. The van der Waals surface area contributed by atoms with Crippen molar-refractivity contribution in [3.8, 4) is 5.88 Å². The van der Waals surface area contributed by atoms with Crippen LogP contribution in [0, 0.1) is 6.92 Å². The van der Waals surface area contributed by atoms with Crippen molar-refractivity contribution in [2.75, 3.05) is 40.6 Å². The van der Waals surface area contributed by atoms with E-state index >= 15 is 0 Å². The van der Waals surface area contributed by atoms with E-state index in [-0.39, 0.29) is 0 Å². The molecule has 0 spiro atoms. The van der Waals surface area contributed by atoms with Crippen LogP contribution in [0.1, 0.15) is 17.7 Å². The van der Waals surface area contributed by atoms with E-state index in [4.69, 9.17) is 14.2 Å². The molecule has 0 radical (unpaired) electrons. The van der Waals surface area contributed by atoms with Crippen LogP contribution in [-0.4, -0.2) is 50.4 Å². The van der Waals surface area contributed by atoms with E-state index < -0.39 is 0 Å². The van der Waals surface area contributed by atoms with E-state index in [1.807, 2.05) is 14.0 Å². The molecule has 0 unspecified atom stereocenters. The predicted octanol–water partition coefficient (Wildman–Crippen LogP) is 0.880. The molecule has 1 heterocycles. The van der Waals surface area contributed by atoms with Gasteiger partial charge in [-0.3, -0.25) is 0 Å². The van der Waals surface area contributed by atoms with Gasteiger partial charge in [0.1, 0.15) is 0 Å². The lowest BCUT2D eigenvalue weighted by Gasteiger charge is -2.07. The van der Waals surface area contributed by atoms with Crippen LogP contribution in [0.5, 0.6) is 5.88 Å². The molecule has 110 valence electrons. The fourth-order valence-corrected chi connectivity index (χ4v) is 1.90. The van der Waals surface area contributed by atoms with Crippen LogP contribution >= 0.6 is 0 Å². The molecule has 0 aromatic carbocycles. The van der Waals surface area contributed by atoms with Gasteiger partial charge in [0, 0.05) is 27.3 Å². The standard InChI is InChI=1S/C13H25N3O3/c1-11-12(13(18-4)16(2)15-11)10-14-6-5-7-19-9-8-17-3/h14H,5-10H2,1-4H3. The highest BCUT2D eigenvalue weighted by atomic mass is 16.5. The third-order valence-electron chi connectivity index (χ3n) is 2.86. The first-order chi connectivity index (χ1) is 9.20. The van der Waals surface area contributed by atoms with Crippen molar-refractivity contribution >= 4 is 0 Å². The first-order valence-corrected chi connectivity index (χ1v) is 6.54. The average molecular weight is 271 g/mol. The SMILES string of the molecule is COCCOCCCNCc1c(C)nn(C)c1OC. The molecular formula is C13H25N3O3. The first-order valence-electron chi connectivity index (χ1n) is 6.54. The van der Waals surface area contributed by atoms with E-state index in [2.05, 4.69) is 10.4 Å². The smallest absolute Gasteiger partial charge is 0.216 e. The third-order valence-corrected chi connectivity index (χ3v) is 2.86. The topological polar surface area (TPSA) is 57.5 Å². The summed E-state index contributed by atoms with van der Waals surface area (Å²) in [5, 5.41) is 7.72. The van der Waals surface area contributed by atoms with E-state index in [0.717, 1.165) is 43.3 Å². The molecule has 1 N–H and O–H groups in total. The van der Waals surface area contributed by atoms with Crippen molar-refractivity contribution in [2.45, 2.75) is 19.9 Å². The molecule has 0 saturated heterocycles. The van der Waals surface area contributed by atoms with Crippen molar-refractivity contribution in [3.63, 3.8) is 0 Å². The van der Waals surface area contributed by atoms with Crippen LogP contribution in [0.15, 0.2) is 0 Å². The number of methoxy groups -OCH3 is 2. The molecule has 0 atom stereocenters. The number of ether oxygens (including phenoxy) is 3. The average Bonchev–Trinajstić information content (AvgIpc) is 2.66. The summed E-state index contributed by atoms with van der Waals surface area (Å²) in [6.45, 7) is 5.73. The highest BCUT2D eigenvalue weighted by molar-refractivity contribution is 5.30. The summed E-state index contributed by atoms with van der Waals surface area (Å²) in [5.74, 6) is 0.821. The van der Waals surface area contributed by atoms with Gasteiger partial charge in [0.25, 0.3) is 0 Å².